The molecule has 0 aromatic heterocycles. The van der Waals surface area contributed by atoms with Crippen molar-refractivity contribution in [2.24, 2.45) is 5.41 Å². The van der Waals surface area contributed by atoms with Gasteiger partial charge in [-0.05, 0) is 52.5 Å². The quantitative estimate of drug-likeness (QED) is 0.832. The highest BCUT2D eigenvalue weighted by Gasteiger charge is 2.53. The van der Waals surface area contributed by atoms with Crippen LogP contribution in [-0.2, 0) is 20.7 Å². The van der Waals surface area contributed by atoms with E-state index in [9.17, 15) is 14.7 Å². The average Bonchev–Trinajstić information content (AvgIpc) is 2.56. The lowest BCUT2D eigenvalue weighted by molar-refractivity contribution is -0.180. The van der Waals surface area contributed by atoms with E-state index in [-0.39, 0.29) is 6.61 Å². The van der Waals surface area contributed by atoms with E-state index in [0.29, 0.717) is 25.8 Å². The van der Waals surface area contributed by atoms with Crippen LogP contribution >= 0.6 is 0 Å². The maximum atomic E-state index is 12.8. The molecule has 1 aromatic rings. The van der Waals surface area contributed by atoms with Gasteiger partial charge in [0.15, 0.2) is 0 Å². The van der Waals surface area contributed by atoms with E-state index >= 15 is 0 Å². The van der Waals surface area contributed by atoms with Crippen molar-refractivity contribution in [1.29, 1.82) is 0 Å². The van der Waals surface area contributed by atoms with Crippen LogP contribution in [0, 0.1) is 5.41 Å². The first-order chi connectivity index (χ1) is 12.2. The first kappa shape index (κ1) is 20.2. The van der Waals surface area contributed by atoms with Gasteiger partial charge in [-0.2, -0.15) is 0 Å². The molecule has 2 rings (SSSR count). The van der Waals surface area contributed by atoms with Crippen LogP contribution in [0.3, 0.4) is 0 Å². The summed E-state index contributed by atoms with van der Waals surface area (Å²) in [5, 5.41) is 11.0. The standard InChI is InChI=1S/C20H29NO5/c1-5-25-17(23)20(14-15-10-7-6-8-11-15)12-9-13-21(16(20)22)18(24)26-19(2,3)4/h6-8,10-11,16,22H,5,9,12-14H2,1-4H3. The number of carbonyl (C=O) groups excluding carboxylic acids is 2. The Bertz CT molecular complexity index is 625. The molecule has 1 saturated heterocycles. The Morgan fingerprint density at radius 1 is 1.27 bits per heavy atom. The third-order valence-electron chi connectivity index (χ3n) is 4.48. The number of hydrogen-bond donors (Lipinski definition) is 1. The number of aliphatic hydroxyl groups is 1. The highest BCUT2D eigenvalue weighted by Crippen LogP contribution is 2.40. The van der Waals surface area contributed by atoms with Crippen molar-refractivity contribution in [1.82, 2.24) is 4.90 Å². The van der Waals surface area contributed by atoms with Crippen LogP contribution in [0.25, 0.3) is 0 Å². The second kappa shape index (κ2) is 8.08. The predicted octanol–water partition coefficient (Wildman–Crippen LogP) is 3.13. The molecule has 26 heavy (non-hydrogen) atoms. The van der Waals surface area contributed by atoms with Crippen LogP contribution in [0.2, 0.25) is 0 Å². The number of ether oxygens (including phenoxy) is 2. The van der Waals surface area contributed by atoms with Gasteiger partial charge in [0.1, 0.15) is 17.2 Å². The molecule has 1 heterocycles. The number of aliphatic hydroxyl groups excluding tert-OH is 1. The molecule has 6 nitrogen and oxygen atoms in total. The first-order valence-electron chi connectivity index (χ1n) is 9.08. The molecule has 2 unspecified atom stereocenters. The van der Waals surface area contributed by atoms with Crippen molar-refractivity contribution in [3.05, 3.63) is 35.9 Å². The summed E-state index contributed by atoms with van der Waals surface area (Å²) in [5.74, 6) is -0.482. The van der Waals surface area contributed by atoms with Crippen LogP contribution < -0.4 is 0 Å². The Morgan fingerprint density at radius 2 is 1.92 bits per heavy atom. The summed E-state index contributed by atoms with van der Waals surface area (Å²) in [5.41, 5.74) is -0.974. The van der Waals surface area contributed by atoms with Crippen LogP contribution in [0.15, 0.2) is 30.3 Å². The number of esters is 1. The number of amides is 1. The second-order valence-corrected chi connectivity index (χ2v) is 7.69. The molecule has 2 atom stereocenters. The highest BCUT2D eigenvalue weighted by atomic mass is 16.6. The minimum absolute atomic E-state index is 0.217. The number of piperidine rings is 1. The SMILES string of the molecule is CCOC(=O)C1(Cc2ccccc2)CCCN(C(=O)OC(C)(C)C)C1O. The lowest BCUT2D eigenvalue weighted by atomic mass is 9.73. The Morgan fingerprint density at radius 3 is 2.50 bits per heavy atom. The average molecular weight is 363 g/mol. The number of likely N-dealkylation sites (tertiary alicyclic amines) is 1. The molecule has 1 aromatic carbocycles. The van der Waals surface area contributed by atoms with Gasteiger partial charge >= 0.3 is 12.1 Å². The van der Waals surface area contributed by atoms with E-state index in [0.717, 1.165) is 5.56 Å². The zero-order chi connectivity index (χ0) is 19.4. The van der Waals surface area contributed by atoms with E-state index in [1.807, 2.05) is 30.3 Å². The Hall–Kier alpha value is -2.08. The highest BCUT2D eigenvalue weighted by molar-refractivity contribution is 5.80. The summed E-state index contributed by atoms with van der Waals surface area (Å²) in [4.78, 5) is 26.6. The summed E-state index contributed by atoms with van der Waals surface area (Å²) < 4.78 is 10.7. The molecule has 0 bridgehead atoms. The minimum Gasteiger partial charge on any atom is -0.465 e. The van der Waals surface area contributed by atoms with Crippen molar-refractivity contribution in [3.63, 3.8) is 0 Å². The van der Waals surface area contributed by atoms with Gasteiger partial charge in [-0.15, -0.1) is 0 Å². The molecule has 0 radical (unpaired) electrons. The molecule has 1 aliphatic heterocycles. The molecule has 1 aliphatic rings. The van der Waals surface area contributed by atoms with Gasteiger partial charge < -0.3 is 14.6 Å². The van der Waals surface area contributed by atoms with Crippen molar-refractivity contribution in [3.8, 4) is 0 Å². The summed E-state index contributed by atoms with van der Waals surface area (Å²) in [6.45, 7) is 7.59. The Balaban J connectivity index is 2.33. The monoisotopic (exact) mass is 363 g/mol. The molecule has 144 valence electrons. The zero-order valence-corrected chi connectivity index (χ0v) is 16.0. The van der Waals surface area contributed by atoms with E-state index in [4.69, 9.17) is 9.47 Å². The Labute approximate surface area is 155 Å². The topological polar surface area (TPSA) is 76.1 Å². The summed E-state index contributed by atoms with van der Waals surface area (Å²) in [6.07, 6.45) is -0.590. The molecule has 0 saturated carbocycles. The molecule has 6 heteroatoms. The van der Waals surface area contributed by atoms with Crippen molar-refractivity contribution in [2.45, 2.75) is 58.8 Å². The smallest absolute Gasteiger partial charge is 0.412 e. The minimum atomic E-state index is -1.30. The molecular formula is C20H29NO5. The molecule has 0 aliphatic carbocycles. The van der Waals surface area contributed by atoms with Gasteiger partial charge in [0.25, 0.3) is 0 Å². The van der Waals surface area contributed by atoms with Crippen LogP contribution in [0.1, 0.15) is 46.1 Å². The van der Waals surface area contributed by atoms with E-state index in [2.05, 4.69) is 0 Å². The fourth-order valence-corrected chi connectivity index (χ4v) is 3.32. The number of hydrogen-bond acceptors (Lipinski definition) is 5. The maximum Gasteiger partial charge on any atom is 0.412 e. The zero-order valence-electron chi connectivity index (χ0n) is 16.0. The van der Waals surface area contributed by atoms with Crippen molar-refractivity contribution in [2.75, 3.05) is 13.2 Å². The Kier molecular flexibility index (Phi) is 6.29. The van der Waals surface area contributed by atoms with E-state index < -0.39 is 29.3 Å². The van der Waals surface area contributed by atoms with E-state index in [1.54, 1.807) is 27.7 Å². The summed E-state index contributed by atoms with van der Waals surface area (Å²) in [7, 11) is 0. The fourth-order valence-electron chi connectivity index (χ4n) is 3.32. The lowest BCUT2D eigenvalue weighted by Crippen LogP contribution is -2.59. The maximum absolute atomic E-state index is 12.8. The molecular weight excluding hydrogens is 334 g/mol. The van der Waals surface area contributed by atoms with Gasteiger partial charge in [0, 0.05) is 6.54 Å². The molecule has 1 fully saturated rings. The normalized spacial score (nSPS) is 23.4. The molecule has 1 amide bonds. The van der Waals surface area contributed by atoms with Gasteiger partial charge in [-0.25, -0.2) is 4.79 Å². The third kappa shape index (κ3) is 4.55. The predicted molar refractivity (Wildman–Crippen MR) is 97.4 cm³/mol. The summed E-state index contributed by atoms with van der Waals surface area (Å²) >= 11 is 0. The molecule has 0 spiro atoms. The van der Waals surface area contributed by atoms with Gasteiger partial charge in [0.05, 0.1) is 6.61 Å². The fraction of sp³-hybridized carbons (Fsp3) is 0.600. The van der Waals surface area contributed by atoms with E-state index in [1.165, 1.54) is 4.90 Å². The first-order valence-corrected chi connectivity index (χ1v) is 9.08. The number of carbonyl (C=O) groups is 2. The number of nitrogens with zero attached hydrogens (tertiary/aromatic N) is 1. The third-order valence-corrected chi connectivity index (χ3v) is 4.48. The number of rotatable bonds is 4. The van der Waals surface area contributed by atoms with Crippen LogP contribution in [0.5, 0.6) is 0 Å². The number of benzene rings is 1. The van der Waals surface area contributed by atoms with Crippen molar-refractivity contribution < 1.29 is 24.2 Å². The van der Waals surface area contributed by atoms with Crippen LogP contribution in [-0.4, -0.2) is 47.0 Å². The van der Waals surface area contributed by atoms with Gasteiger partial charge in [-0.1, -0.05) is 30.3 Å². The second-order valence-electron chi connectivity index (χ2n) is 7.69. The molecule has 1 N–H and O–H groups in total. The van der Waals surface area contributed by atoms with Gasteiger partial charge in [0.2, 0.25) is 0 Å². The van der Waals surface area contributed by atoms with Crippen molar-refractivity contribution >= 4 is 12.1 Å². The lowest BCUT2D eigenvalue weighted by Gasteiger charge is -2.45. The van der Waals surface area contributed by atoms with Gasteiger partial charge in [-0.3, -0.25) is 9.69 Å². The van der Waals surface area contributed by atoms with Crippen LogP contribution in [0.4, 0.5) is 4.79 Å². The largest absolute Gasteiger partial charge is 0.465 e. The summed E-state index contributed by atoms with van der Waals surface area (Å²) in [6, 6.07) is 9.47.